The van der Waals surface area contributed by atoms with Gasteiger partial charge in [0.25, 0.3) is 0 Å². The third-order valence-electron chi connectivity index (χ3n) is 5.04. The second-order valence-corrected chi connectivity index (χ2v) is 7.47. The van der Waals surface area contributed by atoms with Crippen molar-refractivity contribution in [1.82, 2.24) is 9.97 Å². The van der Waals surface area contributed by atoms with Crippen LogP contribution in [0, 0.1) is 0 Å². The van der Waals surface area contributed by atoms with Crippen molar-refractivity contribution in [2.75, 3.05) is 19.6 Å². The van der Waals surface area contributed by atoms with E-state index in [1.54, 1.807) is 20.3 Å². The molecule has 0 unspecified atom stereocenters. The Morgan fingerprint density at radius 2 is 1.81 bits per heavy atom. The first-order chi connectivity index (χ1) is 15.6. The van der Waals surface area contributed by atoms with Gasteiger partial charge in [-0.1, -0.05) is 23.7 Å². The molecule has 2 aromatic heterocycles. The maximum Gasteiger partial charge on any atom is 0.222 e. The molecule has 2 N–H and O–H groups in total. The second-order valence-electron chi connectivity index (χ2n) is 7.03. The van der Waals surface area contributed by atoms with Crippen LogP contribution >= 0.6 is 11.6 Å². The molecule has 0 fully saturated rings. The number of hydrogen-bond donors (Lipinski definition) is 2. The highest BCUT2D eigenvalue weighted by Gasteiger charge is 2.11. The summed E-state index contributed by atoms with van der Waals surface area (Å²) in [6, 6.07) is 20.6. The van der Waals surface area contributed by atoms with Gasteiger partial charge in [0.15, 0.2) is 11.5 Å². The van der Waals surface area contributed by atoms with E-state index in [-0.39, 0.29) is 0 Å². The second kappa shape index (κ2) is 8.28. The van der Waals surface area contributed by atoms with Crippen LogP contribution in [-0.4, -0.2) is 24.2 Å². The van der Waals surface area contributed by atoms with Crippen molar-refractivity contribution in [2.45, 2.75) is 0 Å². The monoisotopic (exact) mass is 446 g/mol. The highest BCUT2D eigenvalue weighted by molar-refractivity contribution is 6.31. The van der Waals surface area contributed by atoms with Crippen molar-refractivity contribution in [3.05, 3.63) is 77.1 Å². The number of rotatable bonds is 5. The average Bonchev–Trinajstić information content (AvgIpc) is 3.25. The van der Waals surface area contributed by atoms with Gasteiger partial charge < -0.3 is 18.9 Å². The van der Waals surface area contributed by atoms with Crippen LogP contribution in [-0.2, 0) is 0 Å². The smallest absolute Gasteiger partial charge is 0.222 e. The normalized spacial score (nSPS) is 11.8. The summed E-state index contributed by atoms with van der Waals surface area (Å²) in [4.78, 5) is 7.71. The minimum atomic E-state index is 0.537. The first kappa shape index (κ1) is 20.0. The molecule has 0 aliphatic rings. The molecule has 0 radical (unpaired) electrons. The fourth-order valence-corrected chi connectivity index (χ4v) is 3.66. The van der Waals surface area contributed by atoms with Crippen molar-refractivity contribution in [1.29, 1.82) is 0 Å². The van der Waals surface area contributed by atoms with Crippen LogP contribution in [0.15, 0.2) is 76.2 Å². The summed E-state index contributed by atoms with van der Waals surface area (Å²) in [5.41, 5.74) is 6.25. The van der Waals surface area contributed by atoms with Gasteiger partial charge in [-0.25, -0.2) is 10.4 Å². The fourth-order valence-electron chi connectivity index (χ4n) is 3.48. The highest BCUT2D eigenvalue weighted by atomic mass is 35.5. The zero-order chi connectivity index (χ0) is 22.1. The van der Waals surface area contributed by atoms with Gasteiger partial charge in [0.2, 0.25) is 5.95 Å². The Balaban J connectivity index is 1.63. The Hall–Kier alpha value is -3.97. The number of fused-ring (bicyclic) bond motifs is 2. The molecule has 3 aromatic carbocycles. The maximum atomic E-state index is 6.24. The number of aromatic nitrogens is 2. The Morgan fingerprint density at radius 3 is 2.62 bits per heavy atom. The van der Waals surface area contributed by atoms with Crippen molar-refractivity contribution < 1.29 is 13.9 Å². The van der Waals surface area contributed by atoms with Gasteiger partial charge in [0.05, 0.1) is 30.6 Å². The Kier molecular flexibility index (Phi) is 5.17. The lowest BCUT2D eigenvalue weighted by molar-refractivity contribution is 0.355. The van der Waals surface area contributed by atoms with Gasteiger partial charge in [-0.05, 0) is 48.5 Å². The molecule has 0 saturated carbocycles. The van der Waals surface area contributed by atoms with E-state index in [0.717, 1.165) is 22.0 Å². The van der Waals surface area contributed by atoms with E-state index in [2.05, 4.69) is 20.5 Å². The number of H-pyrrole nitrogens is 1. The number of halogens is 1. The number of benzene rings is 3. The molecule has 0 bridgehead atoms. The standard InChI is InChI=1S/C24H19ClN4O3/c1-30-21-9-7-14(11-23(21)31-2)22-13-19(16-12-15(25)8-10-20(16)32-22)28-29-24-26-17-5-3-4-6-18(17)27-24/h3-13H,1-2H3,(H2,26,27,29)/b28-19+. The lowest BCUT2D eigenvalue weighted by Crippen LogP contribution is -2.08. The van der Waals surface area contributed by atoms with E-state index < -0.39 is 0 Å². The highest BCUT2D eigenvalue weighted by Crippen LogP contribution is 2.33. The van der Waals surface area contributed by atoms with Crippen LogP contribution in [0.2, 0.25) is 5.02 Å². The SMILES string of the molecule is COc1ccc(-c2c/c(=N\Nc3nc4ccccc4[nH]3)c3cc(Cl)ccc3o2)cc1OC. The molecule has 0 spiro atoms. The third kappa shape index (κ3) is 3.74. The predicted octanol–water partition coefficient (Wildman–Crippen LogP) is 5.57. The molecule has 0 aliphatic carbocycles. The van der Waals surface area contributed by atoms with Gasteiger partial charge in [-0.2, -0.15) is 5.10 Å². The van der Waals surface area contributed by atoms with Crippen molar-refractivity contribution in [3.63, 3.8) is 0 Å². The van der Waals surface area contributed by atoms with Crippen LogP contribution < -0.4 is 20.3 Å². The first-order valence-electron chi connectivity index (χ1n) is 9.85. The largest absolute Gasteiger partial charge is 0.493 e. The summed E-state index contributed by atoms with van der Waals surface area (Å²) in [5.74, 6) is 2.40. The molecule has 5 rings (SSSR count). The topological polar surface area (TPSA) is 84.7 Å². The molecule has 7 nitrogen and oxygen atoms in total. The molecule has 0 aliphatic heterocycles. The predicted molar refractivity (Wildman–Crippen MR) is 125 cm³/mol. The van der Waals surface area contributed by atoms with E-state index in [9.17, 15) is 0 Å². The minimum Gasteiger partial charge on any atom is -0.493 e. The van der Waals surface area contributed by atoms with Gasteiger partial charge in [0.1, 0.15) is 11.3 Å². The van der Waals surface area contributed by atoms with Crippen LogP contribution in [0.5, 0.6) is 11.5 Å². The first-order valence-corrected chi connectivity index (χ1v) is 10.2. The molecule has 0 saturated heterocycles. The summed E-state index contributed by atoms with van der Waals surface area (Å²) in [6.45, 7) is 0. The summed E-state index contributed by atoms with van der Waals surface area (Å²) in [5, 5.41) is 6.60. The number of para-hydroxylation sites is 2. The number of nitrogens with zero attached hydrogens (tertiary/aromatic N) is 2. The van der Waals surface area contributed by atoms with Crippen LogP contribution in [0.4, 0.5) is 5.95 Å². The number of nitrogens with one attached hydrogen (secondary N) is 2. The molecule has 8 heteroatoms. The Morgan fingerprint density at radius 1 is 0.969 bits per heavy atom. The number of imidazole rings is 1. The summed E-state index contributed by atoms with van der Waals surface area (Å²) in [6.07, 6.45) is 0. The number of ether oxygens (including phenoxy) is 2. The Labute approximate surface area is 188 Å². The van der Waals surface area contributed by atoms with Crippen molar-refractivity contribution in [2.24, 2.45) is 5.10 Å². The van der Waals surface area contributed by atoms with E-state index in [0.29, 0.717) is 39.2 Å². The molecule has 0 atom stereocenters. The lowest BCUT2D eigenvalue weighted by atomic mass is 10.1. The Bertz CT molecular complexity index is 1470. The summed E-state index contributed by atoms with van der Waals surface area (Å²) < 4.78 is 16.9. The van der Waals surface area contributed by atoms with Crippen molar-refractivity contribution in [3.8, 4) is 22.8 Å². The van der Waals surface area contributed by atoms with Crippen LogP contribution in [0.25, 0.3) is 33.3 Å². The van der Waals surface area contributed by atoms with E-state index in [4.69, 9.17) is 25.5 Å². The number of methoxy groups -OCH3 is 2. The van der Waals surface area contributed by atoms with E-state index in [1.165, 1.54) is 0 Å². The molecule has 0 amide bonds. The van der Waals surface area contributed by atoms with Crippen LogP contribution in [0.1, 0.15) is 0 Å². The van der Waals surface area contributed by atoms with Gasteiger partial charge >= 0.3 is 0 Å². The fraction of sp³-hybridized carbons (Fsp3) is 0.0833. The van der Waals surface area contributed by atoms with Crippen molar-refractivity contribution >= 4 is 39.6 Å². The molecule has 160 valence electrons. The summed E-state index contributed by atoms with van der Waals surface area (Å²) >= 11 is 6.24. The zero-order valence-electron chi connectivity index (χ0n) is 17.3. The quantitative estimate of drug-likeness (QED) is 0.344. The maximum absolute atomic E-state index is 6.24. The number of aromatic amines is 1. The number of hydrogen-bond acceptors (Lipinski definition) is 6. The van der Waals surface area contributed by atoms with E-state index in [1.807, 2.05) is 60.7 Å². The summed E-state index contributed by atoms with van der Waals surface area (Å²) in [7, 11) is 3.20. The van der Waals surface area contributed by atoms with E-state index >= 15 is 0 Å². The molecule has 5 aromatic rings. The molecule has 32 heavy (non-hydrogen) atoms. The van der Waals surface area contributed by atoms with Gasteiger partial charge in [-0.15, -0.1) is 0 Å². The minimum absolute atomic E-state index is 0.537. The zero-order valence-corrected chi connectivity index (χ0v) is 18.1. The van der Waals surface area contributed by atoms with Crippen LogP contribution in [0.3, 0.4) is 0 Å². The molecular formula is C24H19ClN4O3. The molecular weight excluding hydrogens is 428 g/mol. The number of anilines is 1. The molecule has 2 heterocycles. The van der Waals surface area contributed by atoms with Gasteiger partial charge in [0, 0.05) is 22.0 Å². The van der Waals surface area contributed by atoms with Gasteiger partial charge in [-0.3, -0.25) is 0 Å². The lowest BCUT2D eigenvalue weighted by Gasteiger charge is -2.10. The third-order valence-corrected chi connectivity index (χ3v) is 5.28. The average molecular weight is 447 g/mol.